The van der Waals surface area contributed by atoms with Crippen LogP contribution in [0.4, 0.5) is 0 Å². The number of nitrogens with zero attached hydrogens (tertiary/aromatic N) is 2. The first-order valence-electron chi connectivity index (χ1n) is 9.89. The molecule has 28 heavy (non-hydrogen) atoms. The lowest BCUT2D eigenvalue weighted by atomic mass is 9.87. The SMILES string of the molecule is COc1cc(/C=C/C(=O)N[C@H]2CC[C@H](C)CC2)ccc1OCCn1ccnc1. The standard InChI is InChI=1S/C22H29N3O3/c1-17-3-7-19(8-4-17)24-22(26)10-6-18-5-9-20(21(15-18)27-2)28-14-13-25-12-11-23-16-25/h5-6,9-12,15-17,19H,3-4,7-8,13-14H2,1-2H3,(H,24,26)/b10-6+/t17-,19-. The fourth-order valence-corrected chi connectivity index (χ4v) is 3.41. The third-order valence-electron chi connectivity index (χ3n) is 5.14. The Morgan fingerprint density at radius 2 is 2.11 bits per heavy atom. The van der Waals surface area contributed by atoms with Gasteiger partial charge in [0.05, 0.1) is 20.0 Å². The van der Waals surface area contributed by atoms with Crippen molar-refractivity contribution in [2.24, 2.45) is 5.92 Å². The van der Waals surface area contributed by atoms with Crippen molar-refractivity contribution in [3.05, 3.63) is 48.6 Å². The van der Waals surface area contributed by atoms with Crippen LogP contribution in [0.3, 0.4) is 0 Å². The maximum absolute atomic E-state index is 12.2. The van der Waals surface area contributed by atoms with Gasteiger partial charge in [0.1, 0.15) is 6.61 Å². The van der Waals surface area contributed by atoms with Gasteiger partial charge in [-0.2, -0.15) is 0 Å². The fraction of sp³-hybridized carbons (Fsp3) is 0.455. The minimum atomic E-state index is -0.0424. The summed E-state index contributed by atoms with van der Waals surface area (Å²) >= 11 is 0. The minimum absolute atomic E-state index is 0.0424. The Balaban J connectivity index is 1.52. The van der Waals surface area contributed by atoms with Gasteiger partial charge in [-0.25, -0.2) is 4.98 Å². The van der Waals surface area contributed by atoms with E-state index in [0.717, 1.165) is 24.3 Å². The van der Waals surface area contributed by atoms with Crippen LogP contribution in [-0.4, -0.2) is 35.2 Å². The second-order valence-corrected chi connectivity index (χ2v) is 7.36. The summed E-state index contributed by atoms with van der Waals surface area (Å²) in [5.74, 6) is 2.06. The molecule has 1 heterocycles. The van der Waals surface area contributed by atoms with E-state index in [1.165, 1.54) is 12.8 Å². The number of benzene rings is 1. The Morgan fingerprint density at radius 1 is 1.29 bits per heavy atom. The molecule has 1 aliphatic carbocycles. The molecule has 1 fully saturated rings. The predicted molar refractivity (Wildman–Crippen MR) is 109 cm³/mol. The Bertz CT molecular complexity index is 778. The van der Waals surface area contributed by atoms with E-state index in [9.17, 15) is 4.79 Å². The first-order chi connectivity index (χ1) is 13.6. The van der Waals surface area contributed by atoms with Gasteiger partial charge in [0.2, 0.25) is 5.91 Å². The van der Waals surface area contributed by atoms with E-state index in [1.807, 2.05) is 29.0 Å². The third-order valence-corrected chi connectivity index (χ3v) is 5.14. The smallest absolute Gasteiger partial charge is 0.244 e. The van der Waals surface area contributed by atoms with Crippen molar-refractivity contribution in [2.45, 2.75) is 45.2 Å². The third kappa shape index (κ3) is 5.87. The number of hydrogen-bond acceptors (Lipinski definition) is 4. The lowest BCUT2D eigenvalue weighted by molar-refractivity contribution is -0.117. The normalized spacial score (nSPS) is 19.5. The molecule has 0 bridgehead atoms. The summed E-state index contributed by atoms with van der Waals surface area (Å²) in [5.41, 5.74) is 0.895. The van der Waals surface area contributed by atoms with Crippen molar-refractivity contribution in [3.63, 3.8) is 0 Å². The van der Waals surface area contributed by atoms with Gasteiger partial charge < -0.3 is 19.4 Å². The molecule has 1 aromatic carbocycles. The lowest BCUT2D eigenvalue weighted by Crippen LogP contribution is -2.36. The van der Waals surface area contributed by atoms with Crippen molar-refractivity contribution >= 4 is 12.0 Å². The number of carbonyl (C=O) groups is 1. The Kier molecular flexibility index (Phi) is 7.12. The van der Waals surface area contributed by atoms with Crippen LogP contribution in [0.1, 0.15) is 38.2 Å². The number of nitrogens with one attached hydrogen (secondary N) is 1. The molecule has 1 aliphatic rings. The molecule has 150 valence electrons. The minimum Gasteiger partial charge on any atom is -0.493 e. The topological polar surface area (TPSA) is 65.4 Å². The summed E-state index contributed by atoms with van der Waals surface area (Å²) in [5, 5.41) is 3.10. The monoisotopic (exact) mass is 383 g/mol. The summed E-state index contributed by atoms with van der Waals surface area (Å²) in [6, 6.07) is 5.96. The number of rotatable bonds is 8. The number of ether oxygens (including phenoxy) is 2. The highest BCUT2D eigenvalue weighted by atomic mass is 16.5. The summed E-state index contributed by atoms with van der Waals surface area (Å²) in [6.45, 7) is 3.51. The largest absolute Gasteiger partial charge is 0.493 e. The molecular formula is C22H29N3O3. The van der Waals surface area contributed by atoms with Crippen molar-refractivity contribution in [3.8, 4) is 11.5 Å². The van der Waals surface area contributed by atoms with Gasteiger partial charge in [0.25, 0.3) is 0 Å². The number of aromatic nitrogens is 2. The van der Waals surface area contributed by atoms with Gasteiger partial charge >= 0.3 is 0 Å². The van der Waals surface area contributed by atoms with E-state index in [-0.39, 0.29) is 5.91 Å². The van der Waals surface area contributed by atoms with Crippen molar-refractivity contribution in [1.82, 2.24) is 14.9 Å². The number of hydrogen-bond donors (Lipinski definition) is 1. The quantitative estimate of drug-likeness (QED) is 0.706. The highest BCUT2D eigenvalue weighted by Gasteiger charge is 2.18. The Hall–Kier alpha value is -2.76. The molecule has 6 nitrogen and oxygen atoms in total. The van der Waals surface area contributed by atoms with Crippen molar-refractivity contribution < 1.29 is 14.3 Å². The van der Waals surface area contributed by atoms with E-state index < -0.39 is 0 Å². The zero-order chi connectivity index (χ0) is 19.8. The van der Waals surface area contributed by atoms with Crippen LogP contribution in [0.2, 0.25) is 0 Å². The summed E-state index contributed by atoms with van der Waals surface area (Å²) < 4.78 is 13.2. The van der Waals surface area contributed by atoms with Crippen LogP contribution in [0.25, 0.3) is 6.08 Å². The highest BCUT2D eigenvalue weighted by molar-refractivity contribution is 5.92. The van der Waals surface area contributed by atoms with Crippen LogP contribution in [-0.2, 0) is 11.3 Å². The first kappa shape index (κ1) is 20.0. The van der Waals surface area contributed by atoms with E-state index in [2.05, 4.69) is 17.2 Å². The van der Waals surface area contributed by atoms with E-state index >= 15 is 0 Å². The average molecular weight is 383 g/mol. The van der Waals surface area contributed by atoms with Crippen LogP contribution in [0.5, 0.6) is 11.5 Å². The Labute approximate surface area is 166 Å². The van der Waals surface area contributed by atoms with E-state index in [4.69, 9.17) is 9.47 Å². The van der Waals surface area contributed by atoms with Gasteiger partial charge in [-0.3, -0.25) is 4.79 Å². The number of carbonyl (C=O) groups excluding carboxylic acids is 1. The number of amides is 1. The maximum Gasteiger partial charge on any atom is 0.244 e. The maximum atomic E-state index is 12.2. The van der Waals surface area contributed by atoms with Crippen LogP contribution in [0.15, 0.2) is 43.0 Å². The zero-order valence-electron chi connectivity index (χ0n) is 16.6. The van der Waals surface area contributed by atoms with E-state index in [1.54, 1.807) is 31.8 Å². The summed E-state index contributed by atoms with van der Waals surface area (Å²) in [7, 11) is 1.61. The van der Waals surface area contributed by atoms with Crippen LogP contribution < -0.4 is 14.8 Å². The molecule has 1 N–H and O–H groups in total. The summed E-state index contributed by atoms with van der Waals surface area (Å²) in [6.07, 6.45) is 13.3. The van der Waals surface area contributed by atoms with E-state index in [0.29, 0.717) is 30.7 Å². The molecule has 0 aliphatic heterocycles. The molecule has 0 saturated heterocycles. The lowest BCUT2D eigenvalue weighted by Gasteiger charge is -2.26. The molecular weight excluding hydrogens is 354 g/mol. The molecule has 0 atom stereocenters. The molecule has 1 aromatic heterocycles. The second-order valence-electron chi connectivity index (χ2n) is 7.36. The van der Waals surface area contributed by atoms with Crippen molar-refractivity contribution in [2.75, 3.05) is 13.7 Å². The van der Waals surface area contributed by atoms with Gasteiger partial charge in [-0.15, -0.1) is 0 Å². The molecule has 6 heteroatoms. The van der Waals surface area contributed by atoms with Gasteiger partial charge in [0.15, 0.2) is 11.5 Å². The zero-order valence-corrected chi connectivity index (χ0v) is 16.6. The predicted octanol–water partition coefficient (Wildman–Crippen LogP) is 3.68. The Morgan fingerprint density at radius 3 is 2.82 bits per heavy atom. The molecule has 2 aromatic rings. The van der Waals surface area contributed by atoms with Crippen molar-refractivity contribution in [1.29, 1.82) is 0 Å². The average Bonchev–Trinajstić information content (AvgIpc) is 3.22. The second kappa shape index (κ2) is 9.97. The molecule has 3 rings (SSSR count). The van der Waals surface area contributed by atoms with Gasteiger partial charge in [-0.05, 0) is 55.4 Å². The highest BCUT2D eigenvalue weighted by Crippen LogP contribution is 2.28. The molecule has 0 radical (unpaired) electrons. The first-order valence-corrected chi connectivity index (χ1v) is 9.89. The molecule has 1 amide bonds. The number of imidazole rings is 1. The molecule has 1 saturated carbocycles. The van der Waals surface area contributed by atoms with Gasteiger partial charge in [0, 0.05) is 24.5 Å². The summed E-state index contributed by atoms with van der Waals surface area (Å²) in [4.78, 5) is 16.2. The molecule has 0 unspecified atom stereocenters. The van der Waals surface area contributed by atoms with Crippen LogP contribution in [0, 0.1) is 5.92 Å². The molecule has 0 spiro atoms. The fourth-order valence-electron chi connectivity index (χ4n) is 3.41. The van der Waals surface area contributed by atoms with Crippen LogP contribution >= 0.6 is 0 Å². The van der Waals surface area contributed by atoms with Gasteiger partial charge in [-0.1, -0.05) is 13.0 Å². The number of methoxy groups -OCH3 is 1.